The average Bonchev–Trinajstić information content (AvgIpc) is 3.01. The quantitative estimate of drug-likeness (QED) is 0.595. The van der Waals surface area contributed by atoms with E-state index in [4.69, 9.17) is 10.5 Å². The molecule has 3 aromatic rings. The van der Waals surface area contributed by atoms with Gasteiger partial charge in [0.2, 0.25) is 0 Å². The van der Waals surface area contributed by atoms with Crippen LogP contribution in [-0.4, -0.2) is 35.0 Å². The van der Waals surface area contributed by atoms with Crippen LogP contribution in [0.5, 0.6) is 0 Å². The van der Waals surface area contributed by atoms with Gasteiger partial charge in [-0.1, -0.05) is 0 Å². The average molecular weight is 417 g/mol. The fourth-order valence-electron chi connectivity index (χ4n) is 3.09. The number of carbonyl (C=O) groups excluding carboxylic acids is 2. The molecule has 29 heavy (non-hydrogen) atoms. The van der Waals surface area contributed by atoms with Gasteiger partial charge in [0.05, 0.1) is 23.4 Å². The van der Waals surface area contributed by atoms with Gasteiger partial charge in [0.25, 0.3) is 11.5 Å². The Bertz CT molecular complexity index is 1180. The normalized spacial score (nSPS) is 11.2. The van der Waals surface area contributed by atoms with E-state index in [1.165, 1.54) is 29.9 Å². The van der Waals surface area contributed by atoms with Gasteiger partial charge in [0.1, 0.15) is 16.5 Å². The number of primary amides is 1. The highest BCUT2D eigenvalue weighted by molar-refractivity contribution is 7.20. The van der Waals surface area contributed by atoms with Gasteiger partial charge in [-0.3, -0.25) is 19.0 Å². The Kier molecular flexibility index (Phi) is 5.90. The van der Waals surface area contributed by atoms with Crippen LogP contribution in [-0.2, 0) is 17.7 Å². The fourth-order valence-corrected chi connectivity index (χ4v) is 4.14. The van der Waals surface area contributed by atoms with Crippen molar-refractivity contribution in [3.05, 3.63) is 61.8 Å². The van der Waals surface area contributed by atoms with Crippen LogP contribution < -0.4 is 11.3 Å². The van der Waals surface area contributed by atoms with Gasteiger partial charge in [0, 0.05) is 19.1 Å². The zero-order valence-electron chi connectivity index (χ0n) is 16.2. The molecule has 0 aliphatic carbocycles. The second-order valence-electron chi connectivity index (χ2n) is 6.65. The van der Waals surface area contributed by atoms with Crippen molar-refractivity contribution in [1.82, 2.24) is 9.55 Å². The Hall–Kier alpha value is -2.91. The molecule has 152 valence electrons. The van der Waals surface area contributed by atoms with Gasteiger partial charge in [-0.25, -0.2) is 9.37 Å². The summed E-state index contributed by atoms with van der Waals surface area (Å²) >= 11 is 1.05. The number of fused-ring (bicyclic) bond motifs is 1. The van der Waals surface area contributed by atoms with Crippen LogP contribution in [0.2, 0.25) is 0 Å². The molecule has 3 rings (SSSR count). The summed E-state index contributed by atoms with van der Waals surface area (Å²) in [4.78, 5) is 42.8. The molecule has 0 saturated heterocycles. The van der Waals surface area contributed by atoms with Crippen molar-refractivity contribution in [3.63, 3.8) is 0 Å². The van der Waals surface area contributed by atoms with Gasteiger partial charge >= 0.3 is 0 Å². The number of halogens is 1. The Balaban J connectivity index is 2.13. The van der Waals surface area contributed by atoms with E-state index in [9.17, 15) is 18.8 Å². The predicted molar refractivity (Wildman–Crippen MR) is 108 cm³/mol. The van der Waals surface area contributed by atoms with Crippen LogP contribution in [0.3, 0.4) is 0 Å². The zero-order chi connectivity index (χ0) is 21.3. The van der Waals surface area contributed by atoms with Gasteiger partial charge in [0.15, 0.2) is 5.78 Å². The molecule has 0 fully saturated rings. The molecule has 0 unspecified atom stereocenters. The number of rotatable bonds is 7. The molecule has 0 spiro atoms. The molecule has 0 atom stereocenters. The largest absolute Gasteiger partial charge is 0.384 e. The monoisotopic (exact) mass is 417 g/mol. The van der Waals surface area contributed by atoms with Crippen LogP contribution in [0.15, 0.2) is 23.0 Å². The second kappa shape index (κ2) is 8.22. The maximum Gasteiger partial charge on any atom is 0.262 e. The van der Waals surface area contributed by atoms with Crippen molar-refractivity contribution < 1.29 is 18.7 Å². The molecule has 0 saturated carbocycles. The van der Waals surface area contributed by atoms with Crippen molar-refractivity contribution >= 4 is 33.2 Å². The number of benzene rings is 1. The minimum Gasteiger partial charge on any atom is -0.384 e. The Labute approximate surface area is 169 Å². The van der Waals surface area contributed by atoms with Crippen LogP contribution in [0.4, 0.5) is 4.39 Å². The summed E-state index contributed by atoms with van der Waals surface area (Å²) in [5.41, 5.74) is 6.07. The third-order valence-electron chi connectivity index (χ3n) is 4.66. The number of thiophene rings is 1. The minimum absolute atomic E-state index is 0.257. The summed E-state index contributed by atoms with van der Waals surface area (Å²) in [6.45, 7) is 3.24. The van der Waals surface area contributed by atoms with Crippen molar-refractivity contribution in [2.45, 2.75) is 26.8 Å². The van der Waals surface area contributed by atoms with E-state index in [-0.39, 0.29) is 22.6 Å². The van der Waals surface area contributed by atoms with Crippen LogP contribution in [0.1, 0.15) is 37.0 Å². The number of ether oxygens (including phenoxy) is 1. The van der Waals surface area contributed by atoms with Crippen LogP contribution in [0.25, 0.3) is 10.2 Å². The number of nitrogens with zero attached hydrogens (tertiary/aromatic N) is 2. The molecule has 9 heteroatoms. The van der Waals surface area contributed by atoms with E-state index in [2.05, 4.69) is 4.98 Å². The maximum absolute atomic E-state index is 13.5. The van der Waals surface area contributed by atoms with Crippen LogP contribution in [0, 0.1) is 19.7 Å². The van der Waals surface area contributed by atoms with E-state index in [1.54, 1.807) is 13.8 Å². The highest BCUT2D eigenvalue weighted by Gasteiger charge is 2.21. The van der Waals surface area contributed by atoms with Crippen molar-refractivity contribution in [1.29, 1.82) is 0 Å². The number of methoxy groups -OCH3 is 1. The lowest BCUT2D eigenvalue weighted by atomic mass is 10.1. The zero-order valence-corrected chi connectivity index (χ0v) is 17.1. The molecular weight excluding hydrogens is 397 g/mol. The lowest BCUT2D eigenvalue weighted by Crippen LogP contribution is -2.29. The summed E-state index contributed by atoms with van der Waals surface area (Å²) in [6.07, 6.45) is 0.306. The summed E-state index contributed by atoms with van der Waals surface area (Å²) in [5, 5.41) is 0.271. The van der Waals surface area contributed by atoms with E-state index in [0.29, 0.717) is 40.4 Å². The van der Waals surface area contributed by atoms with Crippen molar-refractivity contribution in [2.24, 2.45) is 5.73 Å². The summed E-state index contributed by atoms with van der Waals surface area (Å²) < 4.78 is 19.9. The van der Waals surface area contributed by atoms with E-state index < -0.39 is 17.3 Å². The standard InChI is InChI=1S/C20H20FN3O4S/c1-10-8-12(4-5-13(10)21)14(25)9-24-15(6-7-28-3)23-19-16(20(24)27)11(2)17(29-19)18(22)26/h4-5,8H,6-7,9H2,1-3H3,(H2,22,26). The highest BCUT2D eigenvalue weighted by atomic mass is 32.1. The third-order valence-corrected chi connectivity index (χ3v) is 5.86. The number of ketones is 1. The number of aryl methyl sites for hydroxylation is 2. The molecule has 0 aliphatic rings. The number of hydrogen-bond acceptors (Lipinski definition) is 6. The molecule has 1 amide bonds. The third kappa shape index (κ3) is 3.96. The number of Topliss-reactive ketones (excluding diaryl/α,β-unsaturated/α-hetero) is 1. The van der Waals surface area contributed by atoms with Crippen molar-refractivity contribution in [3.8, 4) is 0 Å². The first-order valence-electron chi connectivity index (χ1n) is 8.85. The van der Waals surface area contributed by atoms with E-state index >= 15 is 0 Å². The number of hydrogen-bond donors (Lipinski definition) is 1. The predicted octanol–water partition coefficient (Wildman–Crippen LogP) is 2.38. The SMILES string of the molecule is COCCc1nc2sc(C(N)=O)c(C)c2c(=O)n1CC(=O)c1ccc(F)c(C)c1. The summed E-state index contributed by atoms with van der Waals surface area (Å²) in [5.74, 6) is -1.02. The van der Waals surface area contributed by atoms with Crippen LogP contribution >= 0.6 is 11.3 Å². The first-order valence-corrected chi connectivity index (χ1v) is 9.67. The molecule has 0 radical (unpaired) electrons. The van der Waals surface area contributed by atoms with Gasteiger partial charge in [-0.15, -0.1) is 11.3 Å². The molecule has 2 N–H and O–H groups in total. The molecule has 0 aliphatic heterocycles. The lowest BCUT2D eigenvalue weighted by molar-refractivity contribution is 0.0966. The Morgan fingerprint density at radius 1 is 1.31 bits per heavy atom. The first kappa shape index (κ1) is 20.8. The van der Waals surface area contributed by atoms with Gasteiger partial charge in [-0.05, 0) is 43.2 Å². The van der Waals surface area contributed by atoms with Gasteiger partial charge in [-0.2, -0.15) is 0 Å². The first-order chi connectivity index (χ1) is 13.7. The number of amides is 1. The molecule has 7 nitrogen and oxygen atoms in total. The Morgan fingerprint density at radius 2 is 2.03 bits per heavy atom. The summed E-state index contributed by atoms with van der Waals surface area (Å²) in [7, 11) is 1.52. The Morgan fingerprint density at radius 3 is 2.66 bits per heavy atom. The molecule has 0 bridgehead atoms. The minimum atomic E-state index is -0.632. The summed E-state index contributed by atoms with van der Waals surface area (Å²) in [6, 6.07) is 4.06. The molecule has 1 aromatic carbocycles. The molecule has 2 heterocycles. The number of carbonyl (C=O) groups is 2. The maximum atomic E-state index is 13.5. The fraction of sp³-hybridized carbons (Fsp3) is 0.300. The molecule has 2 aromatic heterocycles. The van der Waals surface area contributed by atoms with E-state index in [0.717, 1.165) is 11.3 Å². The molecular formula is C20H20FN3O4S. The topological polar surface area (TPSA) is 104 Å². The highest BCUT2D eigenvalue weighted by Crippen LogP contribution is 2.27. The second-order valence-corrected chi connectivity index (χ2v) is 7.65. The van der Waals surface area contributed by atoms with Crippen molar-refractivity contribution in [2.75, 3.05) is 13.7 Å². The smallest absolute Gasteiger partial charge is 0.262 e. The van der Waals surface area contributed by atoms with Gasteiger partial charge < -0.3 is 10.5 Å². The van der Waals surface area contributed by atoms with E-state index in [1.807, 2.05) is 0 Å². The number of nitrogens with two attached hydrogens (primary N) is 1. The lowest BCUT2D eigenvalue weighted by Gasteiger charge is -2.12. The number of aromatic nitrogens is 2.